The first kappa shape index (κ1) is 10.9. The Balaban J connectivity index is 2.19. The van der Waals surface area contributed by atoms with E-state index in [1.165, 1.54) is 0 Å². The lowest BCUT2D eigenvalue weighted by atomic mass is 10.1. The molecule has 0 aromatic carbocycles. The number of carbonyl (C=O) groups is 1. The second-order valence-electron chi connectivity index (χ2n) is 4.23. The number of piperazine rings is 1. The van der Waals surface area contributed by atoms with Crippen molar-refractivity contribution in [2.24, 2.45) is 0 Å². The van der Waals surface area contributed by atoms with Crippen LogP contribution in [0.15, 0.2) is 12.4 Å². The van der Waals surface area contributed by atoms with Gasteiger partial charge < -0.3 is 10.2 Å². The van der Waals surface area contributed by atoms with Crippen LogP contribution in [0.25, 0.3) is 0 Å². The maximum absolute atomic E-state index is 11.3. The van der Waals surface area contributed by atoms with E-state index in [-0.39, 0.29) is 5.91 Å². The molecular formula is C11H16N4O. The highest BCUT2D eigenvalue weighted by Crippen LogP contribution is 2.17. The van der Waals surface area contributed by atoms with E-state index in [0.29, 0.717) is 19.0 Å². The zero-order chi connectivity index (χ0) is 11.5. The maximum Gasteiger partial charge on any atom is 0.239 e. The van der Waals surface area contributed by atoms with E-state index in [2.05, 4.69) is 29.1 Å². The van der Waals surface area contributed by atoms with E-state index in [9.17, 15) is 4.79 Å². The largest absolute Gasteiger partial charge is 0.353 e. The van der Waals surface area contributed by atoms with Gasteiger partial charge in [-0.15, -0.1) is 0 Å². The van der Waals surface area contributed by atoms with E-state index in [0.717, 1.165) is 18.1 Å². The van der Waals surface area contributed by atoms with Crippen LogP contribution in [0.4, 0.5) is 5.82 Å². The lowest BCUT2D eigenvalue weighted by Gasteiger charge is -2.27. The molecule has 2 heterocycles. The van der Waals surface area contributed by atoms with Crippen LogP contribution >= 0.6 is 0 Å². The van der Waals surface area contributed by atoms with Crippen LogP contribution in [-0.4, -0.2) is 35.5 Å². The van der Waals surface area contributed by atoms with Crippen molar-refractivity contribution in [2.45, 2.75) is 19.8 Å². The molecule has 1 aromatic heterocycles. The summed E-state index contributed by atoms with van der Waals surface area (Å²) in [5.74, 6) is 1.27. The average molecular weight is 220 g/mol. The van der Waals surface area contributed by atoms with Crippen molar-refractivity contribution in [2.75, 3.05) is 24.5 Å². The van der Waals surface area contributed by atoms with Crippen molar-refractivity contribution in [3.8, 4) is 0 Å². The minimum atomic E-state index is 0.0518. The van der Waals surface area contributed by atoms with Crippen LogP contribution in [0, 0.1) is 0 Å². The predicted octanol–water partition coefficient (Wildman–Crippen LogP) is 0.536. The van der Waals surface area contributed by atoms with Crippen LogP contribution in [0.5, 0.6) is 0 Å². The number of rotatable bonds is 2. The molecule has 0 saturated carbocycles. The van der Waals surface area contributed by atoms with Gasteiger partial charge in [0, 0.05) is 24.8 Å². The van der Waals surface area contributed by atoms with Crippen LogP contribution in [0.3, 0.4) is 0 Å². The lowest BCUT2D eigenvalue weighted by Crippen LogP contribution is -2.48. The summed E-state index contributed by atoms with van der Waals surface area (Å²) in [5, 5.41) is 2.80. The fourth-order valence-corrected chi connectivity index (χ4v) is 1.68. The molecule has 1 amide bonds. The fraction of sp³-hybridized carbons (Fsp3) is 0.545. The van der Waals surface area contributed by atoms with E-state index < -0.39 is 0 Å². The molecule has 16 heavy (non-hydrogen) atoms. The summed E-state index contributed by atoms with van der Waals surface area (Å²) in [4.78, 5) is 21.7. The molecule has 2 rings (SSSR count). The molecule has 0 bridgehead atoms. The number of amides is 1. The van der Waals surface area contributed by atoms with Crippen molar-refractivity contribution >= 4 is 11.7 Å². The SMILES string of the molecule is CC(C)c1cc(N2CCNC(=O)C2)ncn1. The third kappa shape index (κ3) is 2.29. The first-order valence-corrected chi connectivity index (χ1v) is 5.50. The molecule has 1 aliphatic rings. The number of hydrogen-bond acceptors (Lipinski definition) is 4. The van der Waals surface area contributed by atoms with E-state index in [4.69, 9.17) is 0 Å². The van der Waals surface area contributed by atoms with Gasteiger partial charge in [-0.05, 0) is 5.92 Å². The summed E-state index contributed by atoms with van der Waals surface area (Å²) < 4.78 is 0. The third-order valence-electron chi connectivity index (χ3n) is 2.63. The quantitative estimate of drug-likeness (QED) is 0.790. The summed E-state index contributed by atoms with van der Waals surface area (Å²) in [6.45, 7) is 6.05. The standard InChI is InChI=1S/C11H16N4O/c1-8(2)9-5-10(14-7-13-9)15-4-3-12-11(16)6-15/h5,7-8H,3-4,6H2,1-2H3,(H,12,16). The molecule has 1 aromatic rings. The highest BCUT2D eigenvalue weighted by molar-refractivity contribution is 5.82. The molecule has 0 radical (unpaired) electrons. The Morgan fingerprint density at radius 2 is 2.25 bits per heavy atom. The molecule has 1 aliphatic heterocycles. The van der Waals surface area contributed by atoms with Crippen molar-refractivity contribution in [3.05, 3.63) is 18.1 Å². The number of aromatic nitrogens is 2. The van der Waals surface area contributed by atoms with E-state index in [1.807, 2.05) is 11.0 Å². The van der Waals surface area contributed by atoms with Gasteiger partial charge in [0.1, 0.15) is 12.1 Å². The van der Waals surface area contributed by atoms with Gasteiger partial charge in [-0.2, -0.15) is 0 Å². The Morgan fingerprint density at radius 3 is 2.94 bits per heavy atom. The van der Waals surface area contributed by atoms with Gasteiger partial charge in [0.05, 0.1) is 6.54 Å². The Hall–Kier alpha value is -1.65. The van der Waals surface area contributed by atoms with Gasteiger partial charge >= 0.3 is 0 Å². The van der Waals surface area contributed by atoms with Gasteiger partial charge in [0.25, 0.3) is 0 Å². The predicted molar refractivity (Wildman–Crippen MR) is 61.3 cm³/mol. The fourth-order valence-electron chi connectivity index (χ4n) is 1.68. The minimum absolute atomic E-state index is 0.0518. The summed E-state index contributed by atoms with van der Waals surface area (Å²) in [5.41, 5.74) is 1.01. The normalized spacial score (nSPS) is 16.4. The molecule has 1 fully saturated rings. The van der Waals surface area contributed by atoms with Crippen molar-refractivity contribution in [1.82, 2.24) is 15.3 Å². The molecule has 0 spiro atoms. The molecule has 0 aliphatic carbocycles. The van der Waals surface area contributed by atoms with Gasteiger partial charge in [-0.3, -0.25) is 4.79 Å². The summed E-state index contributed by atoms with van der Waals surface area (Å²) in [6, 6.07) is 1.96. The topological polar surface area (TPSA) is 58.1 Å². The second kappa shape index (κ2) is 4.47. The van der Waals surface area contributed by atoms with E-state index >= 15 is 0 Å². The lowest BCUT2D eigenvalue weighted by molar-refractivity contribution is -0.120. The molecular weight excluding hydrogens is 204 g/mol. The van der Waals surface area contributed by atoms with Crippen molar-refractivity contribution in [3.63, 3.8) is 0 Å². The van der Waals surface area contributed by atoms with Crippen LogP contribution < -0.4 is 10.2 Å². The maximum atomic E-state index is 11.3. The number of carbonyl (C=O) groups excluding carboxylic acids is 1. The second-order valence-corrected chi connectivity index (χ2v) is 4.23. The highest BCUT2D eigenvalue weighted by Gasteiger charge is 2.18. The number of hydrogen-bond donors (Lipinski definition) is 1. The zero-order valence-electron chi connectivity index (χ0n) is 9.60. The Morgan fingerprint density at radius 1 is 1.44 bits per heavy atom. The molecule has 1 N–H and O–H groups in total. The van der Waals surface area contributed by atoms with Gasteiger partial charge in [0.2, 0.25) is 5.91 Å². The smallest absolute Gasteiger partial charge is 0.239 e. The molecule has 86 valence electrons. The monoisotopic (exact) mass is 220 g/mol. The third-order valence-corrected chi connectivity index (χ3v) is 2.63. The number of nitrogens with one attached hydrogen (secondary N) is 1. The summed E-state index contributed by atoms with van der Waals surface area (Å²) in [7, 11) is 0. The van der Waals surface area contributed by atoms with Crippen molar-refractivity contribution < 1.29 is 4.79 Å². The Kier molecular flexibility index (Phi) is 3.03. The summed E-state index contributed by atoms with van der Waals surface area (Å²) in [6.07, 6.45) is 1.57. The van der Waals surface area contributed by atoms with Crippen LogP contribution in [-0.2, 0) is 4.79 Å². The average Bonchev–Trinajstić information content (AvgIpc) is 2.29. The molecule has 0 atom stereocenters. The van der Waals surface area contributed by atoms with Crippen molar-refractivity contribution in [1.29, 1.82) is 0 Å². The molecule has 5 heteroatoms. The minimum Gasteiger partial charge on any atom is -0.353 e. The van der Waals surface area contributed by atoms with Crippen LogP contribution in [0.1, 0.15) is 25.5 Å². The van der Waals surface area contributed by atoms with Crippen LogP contribution in [0.2, 0.25) is 0 Å². The number of anilines is 1. The first-order chi connectivity index (χ1) is 7.66. The molecule has 0 unspecified atom stereocenters. The Bertz CT molecular complexity index is 391. The molecule has 1 saturated heterocycles. The highest BCUT2D eigenvalue weighted by atomic mass is 16.2. The van der Waals surface area contributed by atoms with Gasteiger partial charge in [0.15, 0.2) is 0 Å². The van der Waals surface area contributed by atoms with Gasteiger partial charge in [-0.25, -0.2) is 9.97 Å². The first-order valence-electron chi connectivity index (χ1n) is 5.50. The molecule has 5 nitrogen and oxygen atoms in total. The van der Waals surface area contributed by atoms with Gasteiger partial charge in [-0.1, -0.05) is 13.8 Å². The summed E-state index contributed by atoms with van der Waals surface area (Å²) >= 11 is 0. The zero-order valence-corrected chi connectivity index (χ0v) is 9.60. The number of nitrogens with zero attached hydrogens (tertiary/aromatic N) is 3. The Labute approximate surface area is 94.9 Å². The van der Waals surface area contributed by atoms with E-state index in [1.54, 1.807) is 6.33 Å².